The van der Waals surface area contributed by atoms with Crippen LogP contribution in [0.2, 0.25) is 0 Å². The Morgan fingerprint density at radius 2 is 2.25 bits per heavy atom. The molecule has 1 aromatic heterocycles. The van der Waals surface area contributed by atoms with Crippen LogP contribution < -0.4 is 11.5 Å². The van der Waals surface area contributed by atoms with Crippen LogP contribution in [0.3, 0.4) is 0 Å². The molecule has 3 rings (SSSR count). The molecule has 106 valence electrons. The third kappa shape index (κ3) is 2.25. The molecule has 6 heteroatoms. The van der Waals surface area contributed by atoms with E-state index in [4.69, 9.17) is 11.5 Å². The van der Waals surface area contributed by atoms with Gasteiger partial charge in [-0.25, -0.2) is 4.39 Å². The Kier molecular flexibility index (Phi) is 3.35. The first kappa shape index (κ1) is 13.3. The summed E-state index contributed by atoms with van der Waals surface area (Å²) in [6.45, 7) is 1.26. The maximum Gasteiger partial charge on any atom is 0.266 e. The van der Waals surface area contributed by atoms with Gasteiger partial charge in [0.2, 0.25) is 0 Å². The van der Waals surface area contributed by atoms with Crippen molar-refractivity contribution in [1.82, 2.24) is 4.90 Å². The van der Waals surface area contributed by atoms with Crippen LogP contribution in [-0.2, 0) is 0 Å². The smallest absolute Gasteiger partial charge is 0.266 e. The van der Waals surface area contributed by atoms with Gasteiger partial charge in [0, 0.05) is 29.2 Å². The lowest BCUT2D eigenvalue weighted by Crippen LogP contribution is -2.45. The number of fused-ring (bicyclic) bond motifs is 1. The summed E-state index contributed by atoms with van der Waals surface area (Å²) in [4.78, 5) is 14.8. The van der Waals surface area contributed by atoms with Crippen LogP contribution in [0.1, 0.15) is 22.5 Å². The zero-order chi connectivity index (χ0) is 14.3. The first-order valence-corrected chi connectivity index (χ1v) is 7.40. The lowest BCUT2D eigenvalue weighted by Gasteiger charge is -2.30. The minimum absolute atomic E-state index is 0.0285. The van der Waals surface area contributed by atoms with Gasteiger partial charge in [-0.2, -0.15) is 0 Å². The summed E-state index contributed by atoms with van der Waals surface area (Å²) in [5, 5.41) is 0.611. The van der Waals surface area contributed by atoms with E-state index in [1.807, 2.05) is 0 Å². The van der Waals surface area contributed by atoms with Crippen molar-refractivity contribution in [2.45, 2.75) is 18.9 Å². The Balaban J connectivity index is 1.97. The average molecular weight is 293 g/mol. The highest BCUT2D eigenvalue weighted by Gasteiger charge is 2.26. The van der Waals surface area contributed by atoms with Crippen molar-refractivity contribution < 1.29 is 9.18 Å². The number of benzene rings is 1. The summed E-state index contributed by atoms with van der Waals surface area (Å²) in [7, 11) is 0. The standard InChI is InChI=1S/C14H16FN3OS/c15-8-3-4-11-10(6-8)12(17)13(20-11)14(19)18-5-1-2-9(16)7-18/h3-4,6,9H,1-2,5,7,16-17H2. The van der Waals surface area contributed by atoms with E-state index in [1.165, 1.54) is 23.5 Å². The number of likely N-dealkylation sites (tertiary alicyclic amines) is 1. The molecule has 4 nitrogen and oxygen atoms in total. The molecule has 0 aliphatic carbocycles. The third-order valence-corrected chi connectivity index (χ3v) is 4.80. The summed E-state index contributed by atoms with van der Waals surface area (Å²) >= 11 is 1.31. The number of nitrogens with zero attached hydrogens (tertiary/aromatic N) is 1. The molecule has 0 radical (unpaired) electrons. The van der Waals surface area contributed by atoms with Crippen LogP contribution in [0, 0.1) is 5.82 Å². The van der Waals surface area contributed by atoms with Gasteiger partial charge in [0.1, 0.15) is 10.7 Å². The molecule has 0 bridgehead atoms. The van der Waals surface area contributed by atoms with E-state index in [-0.39, 0.29) is 17.8 Å². The fourth-order valence-electron chi connectivity index (χ4n) is 2.59. The van der Waals surface area contributed by atoms with Gasteiger partial charge in [0.15, 0.2) is 0 Å². The van der Waals surface area contributed by atoms with Crippen molar-refractivity contribution >= 4 is 33.0 Å². The number of carbonyl (C=O) groups is 1. The zero-order valence-corrected chi connectivity index (χ0v) is 11.8. The second-order valence-electron chi connectivity index (χ2n) is 5.14. The summed E-state index contributed by atoms with van der Waals surface area (Å²) in [5.74, 6) is -0.444. The number of piperidine rings is 1. The number of anilines is 1. The van der Waals surface area contributed by atoms with E-state index >= 15 is 0 Å². The first-order chi connectivity index (χ1) is 9.56. The van der Waals surface area contributed by atoms with Crippen LogP contribution in [0.15, 0.2) is 18.2 Å². The minimum atomic E-state index is -0.346. The second kappa shape index (κ2) is 5.03. The summed E-state index contributed by atoms with van der Waals surface area (Å²) < 4.78 is 14.1. The molecular weight excluding hydrogens is 277 g/mol. The van der Waals surface area contributed by atoms with E-state index in [1.54, 1.807) is 11.0 Å². The van der Waals surface area contributed by atoms with Crippen LogP contribution in [0.5, 0.6) is 0 Å². The Morgan fingerprint density at radius 1 is 1.45 bits per heavy atom. The molecule has 1 fully saturated rings. The maximum atomic E-state index is 13.3. The number of hydrogen-bond donors (Lipinski definition) is 2. The number of amides is 1. The fraction of sp³-hybridized carbons (Fsp3) is 0.357. The molecule has 0 spiro atoms. The quantitative estimate of drug-likeness (QED) is 0.846. The summed E-state index contributed by atoms with van der Waals surface area (Å²) in [5.41, 5.74) is 12.3. The highest BCUT2D eigenvalue weighted by Crippen LogP contribution is 2.35. The van der Waals surface area contributed by atoms with Gasteiger partial charge >= 0.3 is 0 Å². The Morgan fingerprint density at radius 3 is 3.00 bits per heavy atom. The lowest BCUT2D eigenvalue weighted by molar-refractivity contribution is 0.0715. The molecule has 1 atom stereocenters. The predicted octanol–water partition coefficient (Wildman–Crippen LogP) is 2.19. The van der Waals surface area contributed by atoms with Crippen molar-refractivity contribution in [3.05, 3.63) is 28.9 Å². The number of hydrogen-bond acceptors (Lipinski definition) is 4. The SMILES string of the molecule is Nc1c(C(=O)N2CCCC(N)C2)sc2ccc(F)cc12. The second-order valence-corrected chi connectivity index (χ2v) is 6.19. The molecule has 1 unspecified atom stereocenters. The number of nitrogen functional groups attached to an aromatic ring is 1. The molecule has 2 heterocycles. The maximum absolute atomic E-state index is 13.3. The monoisotopic (exact) mass is 293 g/mol. The van der Waals surface area contributed by atoms with Gasteiger partial charge in [-0.3, -0.25) is 4.79 Å². The van der Waals surface area contributed by atoms with Crippen molar-refractivity contribution in [2.75, 3.05) is 18.8 Å². The van der Waals surface area contributed by atoms with E-state index in [0.29, 0.717) is 29.0 Å². The number of halogens is 1. The van der Waals surface area contributed by atoms with Crippen molar-refractivity contribution in [3.63, 3.8) is 0 Å². The topological polar surface area (TPSA) is 72.4 Å². The molecule has 1 aromatic carbocycles. The minimum Gasteiger partial charge on any atom is -0.397 e. The van der Waals surface area contributed by atoms with Crippen molar-refractivity contribution in [2.24, 2.45) is 5.73 Å². The molecule has 0 saturated carbocycles. The number of thiophene rings is 1. The number of nitrogens with two attached hydrogens (primary N) is 2. The van der Waals surface area contributed by atoms with Gasteiger partial charge in [0.25, 0.3) is 5.91 Å². The molecule has 1 saturated heterocycles. The van der Waals surface area contributed by atoms with Gasteiger partial charge in [-0.15, -0.1) is 11.3 Å². The Hall–Kier alpha value is -1.66. The van der Waals surface area contributed by atoms with E-state index in [2.05, 4.69) is 0 Å². The summed E-state index contributed by atoms with van der Waals surface area (Å²) in [6, 6.07) is 4.44. The largest absolute Gasteiger partial charge is 0.397 e. The van der Waals surface area contributed by atoms with Gasteiger partial charge < -0.3 is 16.4 Å². The lowest BCUT2D eigenvalue weighted by atomic mass is 10.1. The molecular formula is C14H16FN3OS. The van der Waals surface area contributed by atoms with Crippen LogP contribution in [0.4, 0.5) is 10.1 Å². The first-order valence-electron chi connectivity index (χ1n) is 6.58. The van der Waals surface area contributed by atoms with E-state index < -0.39 is 0 Å². The Bertz CT molecular complexity index is 670. The normalized spacial score (nSPS) is 19.5. The predicted molar refractivity (Wildman–Crippen MR) is 79.3 cm³/mol. The Labute approximate surface area is 120 Å². The molecule has 20 heavy (non-hydrogen) atoms. The highest BCUT2D eigenvalue weighted by molar-refractivity contribution is 7.21. The van der Waals surface area contributed by atoms with Crippen LogP contribution in [0.25, 0.3) is 10.1 Å². The summed E-state index contributed by atoms with van der Waals surface area (Å²) in [6.07, 6.45) is 1.85. The molecule has 2 aromatic rings. The molecule has 4 N–H and O–H groups in total. The zero-order valence-electron chi connectivity index (χ0n) is 10.9. The van der Waals surface area contributed by atoms with Crippen molar-refractivity contribution in [3.8, 4) is 0 Å². The van der Waals surface area contributed by atoms with E-state index in [0.717, 1.165) is 17.5 Å². The number of carbonyl (C=O) groups excluding carboxylic acids is 1. The van der Waals surface area contributed by atoms with Crippen molar-refractivity contribution in [1.29, 1.82) is 0 Å². The van der Waals surface area contributed by atoms with Gasteiger partial charge in [0.05, 0.1) is 5.69 Å². The van der Waals surface area contributed by atoms with Crippen LogP contribution in [-0.4, -0.2) is 29.9 Å². The number of rotatable bonds is 1. The van der Waals surface area contributed by atoms with Crippen LogP contribution >= 0.6 is 11.3 Å². The average Bonchev–Trinajstić information content (AvgIpc) is 2.75. The van der Waals surface area contributed by atoms with Gasteiger partial charge in [-0.05, 0) is 31.0 Å². The molecule has 1 aliphatic rings. The van der Waals surface area contributed by atoms with E-state index in [9.17, 15) is 9.18 Å². The third-order valence-electron chi connectivity index (χ3n) is 3.63. The highest BCUT2D eigenvalue weighted by atomic mass is 32.1. The fourth-order valence-corrected chi connectivity index (χ4v) is 3.66. The van der Waals surface area contributed by atoms with Gasteiger partial charge in [-0.1, -0.05) is 0 Å². The molecule has 1 aliphatic heterocycles. The molecule has 1 amide bonds.